The lowest BCUT2D eigenvalue weighted by Gasteiger charge is -2.36. The van der Waals surface area contributed by atoms with Gasteiger partial charge in [0.05, 0.1) is 50.9 Å². The van der Waals surface area contributed by atoms with Crippen molar-refractivity contribution in [3.05, 3.63) is 150 Å². The van der Waals surface area contributed by atoms with Crippen LogP contribution in [0.3, 0.4) is 0 Å². The Morgan fingerprint density at radius 3 is 1.20 bits per heavy atom. The van der Waals surface area contributed by atoms with Gasteiger partial charge in [0.1, 0.15) is 0 Å². The van der Waals surface area contributed by atoms with E-state index in [1.807, 2.05) is 99.6 Å². The molecule has 0 unspecified atom stereocenters. The molecule has 0 fully saturated rings. The summed E-state index contributed by atoms with van der Waals surface area (Å²) in [4.78, 5) is 40.5. The van der Waals surface area contributed by atoms with Gasteiger partial charge >= 0.3 is 0 Å². The Morgan fingerprint density at radius 1 is 0.451 bits per heavy atom. The fraction of sp³-hybridized carbons (Fsp3) is 0.136. The monoisotopic (exact) mass is 703 g/mol. The van der Waals surface area contributed by atoms with Crippen molar-refractivity contribution >= 4 is 75.1 Å². The van der Waals surface area contributed by atoms with Crippen LogP contribution in [0.25, 0.3) is 0 Å². The van der Waals surface area contributed by atoms with Crippen molar-refractivity contribution in [2.24, 2.45) is 0 Å². The number of benzene rings is 6. The second-order valence-electron chi connectivity index (χ2n) is 12.7. The molecule has 51 heavy (non-hydrogen) atoms. The predicted octanol–water partition coefficient (Wildman–Crippen LogP) is 12.8. The van der Waals surface area contributed by atoms with Gasteiger partial charge in [0.15, 0.2) is 0 Å². The van der Waals surface area contributed by atoms with E-state index >= 15 is 9.59 Å². The van der Waals surface area contributed by atoms with Crippen molar-refractivity contribution in [3.8, 4) is 0 Å². The van der Waals surface area contributed by atoms with Crippen LogP contribution < -0.4 is 14.7 Å². The molecule has 9 rings (SSSR count). The van der Waals surface area contributed by atoms with Crippen molar-refractivity contribution in [2.45, 2.75) is 60.1 Å². The Hall–Kier alpha value is -5.24. The molecule has 3 aliphatic heterocycles. The van der Waals surface area contributed by atoms with Gasteiger partial charge in [0.2, 0.25) is 0 Å². The lowest BCUT2D eigenvalue weighted by Crippen LogP contribution is -2.32. The van der Waals surface area contributed by atoms with E-state index in [4.69, 9.17) is 0 Å². The topological polar surface area (TPSA) is 43.9 Å². The summed E-state index contributed by atoms with van der Waals surface area (Å²) < 4.78 is 0. The van der Waals surface area contributed by atoms with Gasteiger partial charge in [-0.3, -0.25) is 9.59 Å². The minimum Gasteiger partial charge on any atom is -0.307 e. The summed E-state index contributed by atoms with van der Waals surface area (Å²) in [6.45, 7) is 10.2. The number of hydrogen-bond donors (Lipinski definition) is 0. The molecule has 0 atom stereocenters. The molecule has 0 saturated carbocycles. The number of imide groups is 1. The second kappa shape index (κ2) is 13.1. The molecule has 2 amide bonds. The Labute approximate surface area is 307 Å². The van der Waals surface area contributed by atoms with Crippen LogP contribution in [0.1, 0.15) is 65.5 Å². The van der Waals surface area contributed by atoms with Crippen molar-refractivity contribution in [1.29, 1.82) is 0 Å². The number of aryl methyl sites for hydroxylation is 1. The van der Waals surface area contributed by atoms with E-state index in [9.17, 15) is 0 Å². The molecule has 7 heteroatoms. The maximum absolute atomic E-state index is 15.2. The fourth-order valence-corrected chi connectivity index (χ4v) is 9.40. The molecular formula is C44H37N3O2S2. The lowest BCUT2D eigenvalue weighted by atomic mass is 9.97. The number of amides is 2. The number of nitrogens with zero attached hydrogens (tertiary/aromatic N) is 3. The van der Waals surface area contributed by atoms with E-state index in [2.05, 4.69) is 72.2 Å². The summed E-state index contributed by atoms with van der Waals surface area (Å²) in [5.41, 5.74) is 8.62. The highest BCUT2D eigenvalue weighted by Crippen LogP contribution is 2.57. The third-order valence-corrected chi connectivity index (χ3v) is 11.7. The van der Waals surface area contributed by atoms with E-state index in [-0.39, 0.29) is 17.7 Å². The van der Waals surface area contributed by atoms with Gasteiger partial charge < -0.3 is 9.80 Å². The van der Waals surface area contributed by atoms with Crippen LogP contribution in [0.15, 0.2) is 147 Å². The molecule has 0 aromatic heterocycles. The number of hydrogen-bond acceptors (Lipinski definition) is 6. The van der Waals surface area contributed by atoms with Crippen molar-refractivity contribution in [1.82, 2.24) is 0 Å². The number of carbonyl (C=O) groups is 2. The Morgan fingerprint density at radius 2 is 0.824 bits per heavy atom. The summed E-state index contributed by atoms with van der Waals surface area (Å²) in [5, 5.41) is 0. The van der Waals surface area contributed by atoms with Crippen LogP contribution in [-0.2, 0) is 0 Å². The summed E-state index contributed by atoms with van der Waals surface area (Å²) in [5.74, 6) is -0.516. The highest BCUT2D eigenvalue weighted by Gasteiger charge is 2.45. The Bertz CT molecular complexity index is 2140. The molecular weight excluding hydrogens is 667 g/mol. The molecule has 252 valence electrons. The van der Waals surface area contributed by atoms with Crippen LogP contribution in [0.5, 0.6) is 0 Å². The second-order valence-corrected chi connectivity index (χ2v) is 14.9. The zero-order valence-corrected chi connectivity index (χ0v) is 30.8. The van der Waals surface area contributed by atoms with Crippen LogP contribution in [0, 0.1) is 6.92 Å². The Balaban J connectivity index is 0.00000184. The lowest BCUT2D eigenvalue weighted by molar-refractivity contribution is 0.0926. The van der Waals surface area contributed by atoms with E-state index in [1.54, 1.807) is 23.5 Å². The minimum atomic E-state index is -0.311. The molecule has 0 radical (unpaired) electrons. The SMILES string of the molecule is CC.Cc1cccc(C(C)C)c1N1C(=O)c2c(N3c4ccccc4Sc4ccccc43)ccc(N3c4ccccc4Sc4ccccc43)c2C1=O. The maximum atomic E-state index is 15.2. The van der Waals surface area contributed by atoms with Crippen molar-refractivity contribution < 1.29 is 9.59 Å². The minimum absolute atomic E-state index is 0.105. The fourth-order valence-electron chi connectivity index (χ4n) is 7.29. The van der Waals surface area contributed by atoms with Crippen LogP contribution in [0.4, 0.5) is 39.8 Å². The molecule has 0 N–H and O–H groups in total. The standard InChI is InChI=1S/C42H31N3O2S2.C2H6/c1-25(2)27-14-12-13-26(3)40(27)45-41(46)38-32(43-28-15-4-8-19-34(28)48-35-20-9-5-16-29(35)43)23-24-33(39(38)42(45)47)44-30-17-6-10-21-36(30)49-37-22-11-7-18-31(37)44;1-2/h4-25H,1-3H3;1-2H3. The first kappa shape index (κ1) is 32.9. The van der Waals surface area contributed by atoms with Crippen molar-refractivity contribution in [2.75, 3.05) is 14.7 Å². The largest absolute Gasteiger partial charge is 0.307 e. The molecule has 0 aliphatic carbocycles. The summed E-state index contributed by atoms with van der Waals surface area (Å²) in [7, 11) is 0. The maximum Gasteiger partial charge on any atom is 0.268 e. The van der Waals surface area contributed by atoms with Gasteiger partial charge in [0, 0.05) is 19.6 Å². The normalized spacial score (nSPS) is 14.0. The first-order valence-electron chi connectivity index (χ1n) is 17.4. The molecule has 3 heterocycles. The number of rotatable bonds is 4. The van der Waals surface area contributed by atoms with Crippen molar-refractivity contribution in [3.63, 3.8) is 0 Å². The summed E-state index contributed by atoms with van der Waals surface area (Å²) >= 11 is 3.43. The van der Waals surface area contributed by atoms with Crippen LogP contribution in [-0.4, -0.2) is 11.8 Å². The van der Waals surface area contributed by atoms with E-state index < -0.39 is 0 Å². The van der Waals surface area contributed by atoms with Crippen LogP contribution in [0.2, 0.25) is 0 Å². The molecule has 0 spiro atoms. The molecule has 3 aliphatic rings. The number of anilines is 7. The quantitative estimate of drug-likeness (QED) is 0.170. The smallest absolute Gasteiger partial charge is 0.268 e. The third kappa shape index (κ3) is 5.17. The molecule has 0 bridgehead atoms. The molecule has 0 saturated heterocycles. The van der Waals surface area contributed by atoms with Gasteiger partial charge in [-0.1, -0.05) is 118 Å². The zero-order valence-electron chi connectivity index (χ0n) is 29.2. The molecule has 5 nitrogen and oxygen atoms in total. The number of carbonyl (C=O) groups excluding carboxylic acids is 2. The van der Waals surface area contributed by atoms with Gasteiger partial charge in [-0.25, -0.2) is 4.90 Å². The van der Waals surface area contributed by atoms with Gasteiger partial charge in [-0.2, -0.15) is 0 Å². The van der Waals surface area contributed by atoms with Gasteiger partial charge in [-0.15, -0.1) is 0 Å². The third-order valence-electron chi connectivity index (χ3n) is 9.46. The summed E-state index contributed by atoms with van der Waals surface area (Å²) in [6, 6.07) is 43.1. The average molecular weight is 704 g/mol. The molecule has 6 aromatic carbocycles. The van der Waals surface area contributed by atoms with E-state index in [0.29, 0.717) is 28.2 Å². The van der Waals surface area contributed by atoms with Crippen LogP contribution >= 0.6 is 23.5 Å². The highest BCUT2D eigenvalue weighted by atomic mass is 32.2. The average Bonchev–Trinajstić information content (AvgIpc) is 3.42. The van der Waals surface area contributed by atoms with E-state index in [0.717, 1.165) is 53.5 Å². The van der Waals surface area contributed by atoms with E-state index in [1.165, 1.54) is 4.90 Å². The highest BCUT2D eigenvalue weighted by molar-refractivity contribution is 8.00. The number of para-hydroxylation sites is 5. The van der Waals surface area contributed by atoms with Gasteiger partial charge in [0.25, 0.3) is 11.8 Å². The predicted molar refractivity (Wildman–Crippen MR) is 212 cm³/mol. The zero-order chi connectivity index (χ0) is 35.4. The Kier molecular flexibility index (Phi) is 8.49. The molecule has 6 aromatic rings. The van der Waals surface area contributed by atoms with Gasteiger partial charge in [-0.05, 0) is 84.6 Å². The first-order valence-corrected chi connectivity index (χ1v) is 19.0. The number of fused-ring (bicyclic) bond motifs is 5. The summed E-state index contributed by atoms with van der Waals surface area (Å²) in [6.07, 6.45) is 0. The first-order chi connectivity index (χ1) is 24.9.